The van der Waals surface area contributed by atoms with E-state index in [-0.39, 0.29) is 11.9 Å². The van der Waals surface area contributed by atoms with Gasteiger partial charge in [-0.15, -0.1) is 10.2 Å². The number of amides is 1. The van der Waals surface area contributed by atoms with Crippen molar-refractivity contribution in [1.82, 2.24) is 29.9 Å². The number of carbonyl (C=O) groups is 1. The number of hydrogen-bond acceptors (Lipinski definition) is 4. The molecule has 7 heteroatoms. The fourth-order valence-electron chi connectivity index (χ4n) is 2.88. The van der Waals surface area contributed by atoms with Crippen molar-refractivity contribution >= 4 is 5.91 Å². The standard InChI is InChI=1S/C15H22N6O/c1-11-9-16-20(10-11)7-6-15(22)17-13-3-4-14-19-18-12(2)21(14)8-5-13/h9-10,13H,3-8H2,1-2H3,(H,17,22). The van der Waals surface area contributed by atoms with Crippen molar-refractivity contribution in [2.45, 2.75) is 58.7 Å². The minimum Gasteiger partial charge on any atom is -0.353 e. The number of aromatic nitrogens is 5. The van der Waals surface area contributed by atoms with Crippen molar-refractivity contribution in [3.8, 4) is 0 Å². The van der Waals surface area contributed by atoms with E-state index in [2.05, 4.69) is 25.2 Å². The highest BCUT2D eigenvalue weighted by molar-refractivity contribution is 5.76. The van der Waals surface area contributed by atoms with Crippen LogP contribution in [-0.4, -0.2) is 36.5 Å². The summed E-state index contributed by atoms with van der Waals surface area (Å²) >= 11 is 0. The number of rotatable bonds is 4. The first-order valence-corrected chi connectivity index (χ1v) is 7.79. The van der Waals surface area contributed by atoms with E-state index < -0.39 is 0 Å². The summed E-state index contributed by atoms with van der Waals surface area (Å²) in [7, 11) is 0. The van der Waals surface area contributed by atoms with Crippen molar-refractivity contribution in [3.63, 3.8) is 0 Å². The van der Waals surface area contributed by atoms with E-state index in [0.717, 1.165) is 43.0 Å². The Balaban J connectivity index is 1.48. The molecule has 1 unspecified atom stereocenters. The van der Waals surface area contributed by atoms with Crippen LogP contribution in [0.4, 0.5) is 0 Å². The molecule has 0 spiro atoms. The predicted octanol–water partition coefficient (Wildman–Crippen LogP) is 1.00. The van der Waals surface area contributed by atoms with Crippen molar-refractivity contribution < 1.29 is 4.79 Å². The summed E-state index contributed by atoms with van der Waals surface area (Å²) in [6.45, 7) is 5.46. The highest BCUT2D eigenvalue weighted by Gasteiger charge is 2.20. The van der Waals surface area contributed by atoms with Crippen LogP contribution in [-0.2, 0) is 24.3 Å². The van der Waals surface area contributed by atoms with Gasteiger partial charge in [0.2, 0.25) is 5.91 Å². The maximum atomic E-state index is 12.1. The van der Waals surface area contributed by atoms with Crippen LogP contribution in [0, 0.1) is 13.8 Å². The molecule has 7 nitrogen and oxygen atoms in total. The smallest absolute Gasteiger partial charge is 0.222 e. The van der Waals surface area contributed by atoms with E-state index in [0.29, 0.717) is 13.0 Å². The van der Waals surface area contributed by atoms with Gasteiger partial charge >= 0.3 is 0 Å². The molecular formula is C15H22N6O. The maximum Gasteiger partial charge on any atom is 0.222 e. The second-order valence-corrected chi connectivity index (χ2v) is 5.94. The molecule has 3 heterocycles. The quantitative estimate of drug-likeness (QED) is 0.914. The molecule has 118 valence electrons. The third-order valence-corrected chi connectivity index (χ3v) is 4.13. The molecule has 3 rings (SSSR count). The molecule has 0 aliphatic carbocycles. The van der Waals surface area contributed by atoms with Gasteiger partial charge in [0.15, 0.2) is 0 Å². The molecule has 0 aromatic carbocycles. The zero-order chi connectivity index (χ0) is 15.5. The van der Waals surface area contributed by atoms with Crippen LogP contribution in [0.15, 0.2) is 12.4 Å². The lowest BCUT2D eigenvalue weighted by molar-refractivity contribution is -0.122. The lowest BCUT2D eigenvalue weighted by Crippen LogP contribution is -2.35. The van der Waals surface area contributed by atoms with Crippen molar-refractivity contribution in [1.29, 1.82) is 0 Å². The van der Waals surface area contributed by atoms with Gasteiger partial charge in [0.25, 0.3) is 0 Å². The third-order valence-electron chi connectivity index (χ3n) is 4.13. The molecule has 1 atom stereocenters. The first-order valence-electron chi connectivity index (χ1n) is 7.79. The molecule has 2 aromatic heterocycles. The van der Waals surface area contributed by atoms with Gasteiger partial charge in [-0.25, -0.2) is 0 Å². The summed E-state index contributed by atoms with van der Waals surface area (Å²) in [5.74, 6) is 2.07. The monoisotopic (exact) mass is 302 g/mol. The number of aryl methyl sites for hydroxylation is 4. The molecule has 1 aliphatic rings. The Labute approximate surface area is 129 Å². The second kappa shape index (κ2) is 6.29. The van der Waals surface area contributed by atoms with E-state index in [1.165, 1.54) is 0 Å². The van der Waals surface area contributed by atoms with Crippen LogP contribution in [0.25, 0.3) is 0 Å². The Kier molecular flexibility index (Phi) is 4.22. The molecule has 0 radical (unpaired) electrons. The van der Waals surface area contributed by atoms with Gasteiger partial charge in [-0.1, -0.05) is 0 Å². The number of hydrogen-bond donors (Lipinski definition) is 1. The van der Waals surface area contributed by atoms with E-state index in [1.54, 1.807) is 6.20 Å². The largest absolute Gasteiger partial charge is 0.353 e. The van der Waals surface area contributed by atoms with Crippen molar-refractivity contribution in [3.05, 3.63) is 29.6 Å². The molecule has 2 aromatic rings. The molecule has 1 aliphatic heterocycles. The summed E-state index contributed by atoms with van der Waals surface area (Å²) in [5.41, 5.74) is 1.11. The lowest BCUT2D eigenvalue weighted by atomic mass is 10.1. The molecule has 0 bridgehead atoms. The van der Waals surface area contributed by atoms with Crippen LogP contribution >= 0.6 is 0 Å². The van der Waals surface area contributed by atoms with Crippen LogP contribution in [0.3, 0.4) is 0 Å². The zero-order valence-corrected chi connectivity index (χ0v) is 13.1. The summed E-state index contributed by atoms with van der Waals surface area (Å²) in [6.07, 6.45) is 6.94. The van der Waals surface area contributed by atoms with Crippen LogP contribution < -0.4 is 5.32 Å². The average Bonchev–Trinajstić information content (AvgIpc) is 2.99. The number of carbonyl (C=O) groups excluding carboxylic acids is 1. The van der Waals surface area contributed by atoms with Gasteiger partial charge in [-0.3, -0.25) is 9.48 Å². The lowest BCUT2D eigenvalue weighted by Gasteiger charge is -2.16. The first-order chi connectivity index (χ1) is 10.6. The van der Waals surface area contributed by atoms with Gasteiger partial charge in [0.1, 0.15) is 11.6 Å². The number of fused-ring (bicyclic) bond motifs is 1. The molecule has 0 saturated heterocycles. The van der Waals surface area contributed by atoms with Crippen molar-refractivity contribution in [2.24, 2.45) is 0 Å². The summed E-state index contributed by atoms with van der Waals surface area (Å²) in [6, 6.07) is 0.216. The van der Waals surface area contributed by atoms with Gasteiger partial charge in [0, 0.05) is 38.2 Å². The van der Waals surface area contributed by atoms with Crippen LogP contribution in [0.5, 0.6) is 0 Å². The fourth-order valence-corrected chi connectivity index (χ4v) is 2.88. The molecule has 22 heavy (non-hydrogen) atoms. The van der Waals surface area contributed by atoms with Crippen LogP contribution in [0.1, 0.15) is 36.5 Å². The average molecular weight is 302 g/mol. The zero-order valence-electron chi connectivity index (χ0n) is 13.1. The van der Waals surface area contributed by atoms with Gasteiger partial charge in [-0.2, -0.15) is 5.10 Å². The fraction of sp³-hybridized carbons (Fsp3) is 0.600. The molecule has 0 saturated carbocycles. The van der Waals surface area contributed by atoms with Crippen molar-refractivity contribution in [2.75, 3.05) is 0 Å². The number of nitrogens with one attached hydrogen (secondary N) is 1. The van der Waals surface area contributed by atoms with Gasteiger partial charge in [0.05, 0.1) is 6.20 Å². The Morgan fingerprint density at radius 2 is 2.23 bits per heavy atom. The third kappa shape index (κ3) is 3.35. The Hall–Kier alpha value is -2.18. The summed E-state index contributed by atoms with van der Waals surface area (Å²) < 4.78 is 3.96. The van der Waals surface area contributed by atoms with E-state index in [4.69, 9.17) is 0 Å². The van der Waals surface area contributed by atoms with Gasteiger partial charge in [-0.05, 0) is 32.3 Å². The normalized spacial score (nSPS) is 17.8. The van der Waals surface area contributed by atoms with Gasteiger partial charge < -0.3 is 9.88 Å². The number of nitrogens with zero attached hydrogens (tertiary/aromatic N) is 5. The highest BCUT2D eigenvalue weighted by atomic mass is 16.1. The Morgan fingerprint density at radius 3 is 3.00 bits per heavy atom. The highest BCUT2D eigenvalue weighted by Crippen LogP contribution is 2.15. The SMILES string of the molecule is Cc1cnn(CCC(=O)NC2CCc3nnc(C)n3CC2)c1. The maximum absolute atomic E-state index is 12.1. The Morgan fingerprint density at radius 1 is 1.36 bits per heavy atom. The first kappa shape index (κ1) is 14.7. The minimum atomic E-state index is 0.0903. The molecule has 1 N–H and O–H groups in total. The predicted molar refractivity (Wildman–Crippen MR) is 81.2 cm³/mol. The Bertz CT molecular complexity index is 659. The second-order valence-electron chi connectivity index (χ2n) is 5.94. The topological polar surface area (TPSA) is 77.6 Å². The molecule has 0 fully saturated rings. The summed E-state index contributed by atoms with van der Waals surface area (Å²) in [4.78, 5) is 12.1. The van der Waals surface area contributed by atoms with E-state index in [1.807, 2.05) is 24.7 Å². The van der Waals surface area contributed by atoms with E-state index in [9.17, 15) is 4.79 Å². The molecular weight excluding hydrogens is 280 g/mol. The summed E-state index contributed by atoms with van der Waals surface area (Å²) in [5, 5.41) is 15.6. The van der Waals surface area contributed by atoms with E-state index >= 15 is 0 Å². The van der Waals surface area contributed by atoms with Crippen LogP contribution in [0.2, 0.25) is 0 Å². The minimum absolute atomic E-state index is 0.0903. The molecule has 1 amide bonds.